The topological polar surface area (TPSA) is 74.7 Å². The smallest absolute Gasteiger partial charge is 0.417 e. The van der Waals surface area contributed by atoms with Gasteiger partial charge in [-0.25, -0.2) is 8.42 Å². The molecule has 9 heteroatoms. The van der Waals surface area contributed by atoms with Crippen LogP contribution in [0.5, 0.6) is 0 Å². The third-order valence-electron chi connectivity index (χ3n) is 4.77. The van der Waals surface area contributed by atoms with Gasteiger partial charge in [0.15, 0.2) is 0 Å². The van der Waals surface area contributed by atoms with Crippen molar-refractivity contribution in [3.8, 4) is 11.1 Å². The molecule has 2 aromatic carbocycles. The molecule has 0 aliphatic carbocycles. The van der Waals surface area contributed by atoms with Gasteiger partial charge in [-0.05, 0) is 42.2 Å². The molecule has 0 radical (unpaired) electrons. The summed E-state index contributed by atoms with van der Waals surface area (Å²) in [6.45, 7) is 0.0983. The van der Waals surface area contributed by atoms with Crippen molar-refractivity contribution in [3.05, 3.63) is 54.1 Å². The maximum atomic E-state index is 13.2. The summed E-state index contributed by atoms with van der Waals surface area (Å²) >= 11 is 0. The number of nitrogens with zero attached hydrogens (tertiary/aromatic N) is 1. The molecule has 0 bridgehead atoms. The van der Waals surface area contributed by atoms with Gasteiger partial charge in [0, 0.05) is 13.1 Å². The van der Waals surface area contributed by atoms with Crippen LogP contribution in [-0.4, -0.2) is 36.9 Å². The Morgan fingerprint density at radius 2 is 1.71 bits per heavy atom. The van der Waals surface area contributed by atoms with Crippen LogP contribution in [0.2, 0.25) is 0 Å². The second-order valence-corrected chi connectivity index (χ2v) is 8.55. The van der Waals surface area contributed by atoms with E-state index in [0.29, 0.717) is 12.8 Å². The van der Waals surface area contributed by atoms with Crippen LogP contribution in [-0.2, 0) is 21.0 Å². The molecule has 1 saturated heterocycles. The highest BCUT2D eigenvalue weighted by atomic mass is 32.2. The van der Waals surface area contributed by atoms with Crippen molar-refractivity contribution >= 4 is 16.0 Å². The normalized spacial score (nSPS) is 18.8. The van der Waals surface area contributed by atoms with E-state index in [1.807, 2.05) is 0 Å². The predicted molar refractivity (Wildman–Crippen MR) is 96.0 cm³/mol. The summed E-state index contributed by atoms with van der Waals surface area (Å²) in [4.78, 5) is 11.1. The highest BCUT2D eigenvalue weighted by Gasteiger charge is 2.34. The molecule has 0 amide bonds. The molecule has 2 aromatic rings. The molecule has 1 unspecified atom stereocenters. The van der Waals surface area contributed by atoms with Crippen LogP contribution in [0.3, 0.4) is 0 Å². The standard InChI is InChI=1S/C19H18F3NO4S/c20-19(21,22)17-6-2-1-5-16(17)13-7-9-15(10-8-13)28(26,27)23-11-3-4-14(12-23)18(24)25/h1-2,5-10,14H,3-4,11-12H2,(H,24,25). The van der Waals surface area contributed by atoms with E-state index in [0.717, 1.165) is 10.4 Å². The number of hydrogen-bond donors (Lipinski definition) is 1. The summed E-state index contributed by atoms with van der Waals surface area (Å²) in [6.07, 6.45) is -3.68. The largest absolute Gasteiger partial charge is 0.481 e. The maximum Gasteiger partial charge on any atom is 0.417 e. The number of rotatable bonds is 4. The minimum Gasteiger partial charge on any atom is -0.481 e. The molecule has 1 fully saturated rings. The fraction of sp³-hybridized carbons (Fsp3) is 0.316. The second-order valence-electron chi connectivity index (χ2n) is 6.61. The van der Waals surface area contributed by atoms with E-state index in [1.165, 1.54) is 42.5 Å². The van der Waals surface area contributed by atoms with Crippen LogP contribution in [0.15, 0.2) is 53.4 Å². The number of aliphatic carboxylic acids is 1. The molecule has 0 aromatic heterocycles. The number of carboxylic acid groups (broad SMARTS) is 1. The molecule has 0 saturated carbocycles. The van der Waals surface area contributed by atoms with Gasteiger partial charge in [-0.1, -0.05) is 30.3 Å². The van der Waals surface area contributed by atoms with E-state index in [9.17, 15) is 26.4 Å². The molecule has 150 valence electrons. The summed E-state index contributed by atoms with van der Waals surface area (Å²) in [5.74, 6) is -1.81. The molecule has 5 nitrogen and oxygen atoms in total. The Bertz CT molecular complexity index is 971. The molecule has 1 aliphatic heterocycles. The van der Waals surface area contributed by atoms with E-state index in [2.05, 4.69) is 0 Å². The second kappa shape index (κ2) is 7.56. The Labute approximate surface area is 160 Å². The molecule has 1 heterocycles. The number of piperidine rings is 1. The van der Waals surface area contributed by atoms with Crippen LogP contribution in [0.4, 0.5) is 13.2 Å². The van der Waals surface area contributed by atoms with Crippen LogP contribution >= 0.6 is 0 Å². The van der Waals surface area contributed by atoms with Crippen molar-refractivity contribution < 1.29 is 31.5 Å². The van der Waals surface area contributed by atoms with Crippen molar-refractivity contribution in [2.24, 2.45) is 5.92 Å². The number of sulfonamides is 1. The van der Waals surface area contributed by atoms with E-state index >= 15 is 0 Å². The summed E-state index contributed by atoms with van der Waals surface area (Å²) in [5, 5.41) is 9.13. The lowest BCUT2D eigenvalue weighted by atomic mass is 9.99. The van der Waals surface area contributed by atoms with E-state index in [1.54, 1.807) is 0 Å². The zero-order valence-electron chi connectivity index (χ0n) is 14.7. The highest BCUT2D eigenvalue weighted by molar-refractivity contribution is 7.89. The Balaban J connectivity index is 1.90. The van der Waals surface area contributed by atoms with Crippen molar-refractivity contribution in [2.75, 3.05) is 13.1 Å². The van der Waals surface area contributed by atoms with E-state index in [4.69, 9.17) is 5.11 Å². The summed E-state index contributed by atoms with van der Waals surface area (Å²) in [5.41, 5.74) is -0.595. The number of carboxylic acids is 1. The highest BCUT2D eigenvalue weighted by Crippen LogP contribution is 2.37. The van der Waals surface area contributed by atoms with Gasteiger partial charge < -0.3 is 5.11 Å². The van der Waals surface area contributed by atoms with E-state index in [-0.39, 0.29) is 29.1 Å². The first kappa shape index (κ1) is 20.3. The third kappa shape index (κ3) is 4.05. The molecule has 1 atom stereocenters. The number of halogens is 3. The average Bonchev–Trinajstić information content (AvgIpc) is 2.67. The quantitative estimate of drug-likeness (QED) is 0.826. The molecule has 3 rings (SSSR count). The monoisotopic (exact) mass is 413 g/mol. The predicted octanol–water partition coefficient (Wildman–Crippen LogP) is 3.86. The zero-order chi connectivity index (χ0) is 20.5. The van der Waals surface area contributed by atoms with Crippen molar-refractivity contribution in [3.63, 3.8) is 0 Å². The van der Waals surface area contributed by atoms with Crippen LogP contribution in [0.25, 0.3) is 11.1 Å². The first-order valence-electron chi connectivity index (χ1n) is 8.60. The van der Waals surface area contributed by atoms with Gasteiger partial charge in [-0.15, -0.1) is 0 Å². The number of benzene rings is 2. The molecular weight excluding hydrogens is 395 g/mol. The van der Waals surface area contributed by atoms with Crippen LogP contribution < -0.4 is 0 Å². The summed E-state index contributed by atoms with van der Waals surface area (Å²) in [7, 11) is -3.92. The van der Waals surface area contributed by atoms with Gasteiger partial charge in [0.25, 0.3) is 0 Å². The van der Waals surface area contributed by atoms with Crippen molar-refractivity contribution in [1.82, 2.24) is 4.31 Å². The fourth-order valence-corrected chi connectivity index (χ4v) is 4.82. The maximum absolute atomic E-state index is 13.2. The summed E-state index contributed by atoms with van der Waals surface area (Å²) < 4.78 is 66.3. The van der Waals surface area contributed by atoms with Gasteiger partial charge in [0.05, 0.1) is 16.4 Å². The Kier molecular flexibility index (Phi) is 5.49. The third-order valence-corrected chi connectivity index (χ3v) is 6.65. The van der Waals surface area contributed by atoms with Gasteiger partial charge in [0.2, 0.25) is 10.0 Å². The lowest BCUT2D eigenvalue weighted by molar-refractivity contribution is -0.143. The Hall–Kier alpha value is -2.39. The number of alkyl halides is 3. The number of carbonyl (C=O) groups is 1. The van der Waals surface area contributed by atoms with Crippen LogP contribution in [0, 0.1) is 5.92 Å². The van der Waals surface area contributed by atoms with Gasteiger partial charge in [-0.3, -0.25) is 4.79 Å². The first-order valence-corrected chi connectivity index (χ1v) is 10.0. The average molecular weight is 413 g/mol. The minimum atomic E-state index is -4.53. The van der Waals surface area contributed by atoms with Crippen molar-refractivity contribution in [2.45, 2.75) is 23.9 Å². The molecule has 28 heavy (non-hydrogen) atoms. The lowest BCUT2D eigenvalue weighted by Crippen LogP contribution is -2.42. The Morgan fingerprint density at radius 3 is 2.32 bits per heavy atom. The zero-order valence-corrected chi connectivity index (χ0v) is 15.5. The van der Waals surface area contributed by atoms with Crippen molar-refractivity contribution in [1.29, 1.82) is 0 Å². The van der Waals surface area contributed by atoms with Gasteiger partial charge in [-0.2, -0.15) is 17.5 Å². The fourth-order valence-electron chi connectivity index (χ4n) is 3.30. The molecular formula is C19H18F3NO4S. The molecule has 0 spiro atoms. The molecule has 1 N–H and O–H groups in total. The SMILES string of the molecule is O=C(O)C1CCCN(S(=O)(=O)c2ccc(-c3ccccc3C(F)(F)F)cc2)C1. The number of hydrogen-bond acceptors (Lipinski definition) is 3. The lowest BCUT2D eigenvalue weighted by Gasteiger charge is -2.29. The summed E-state index contributed by atoms with van der Waals surface area (Å²) in [6, 6.07) is 10.2. The van der Waals surface area contributed by atoms with Crippen LogP contribution in [0.1, 0.15) is 18.4 Å². The Morgan fingerprint density at radius 1 is 1.07 bits per heavy atom. The van der Waals surface area contributed by atoms with Gasteiger partial charge in [0.1, 0.15) is 0 Å². The molecule has 1 aliphatic rings. The van der Waals surface area contributed by atoms with E-state index < -0.39 is 33.7 Å². The van der Waals surface area contributed by atoms with Gasteiger partial charge >= 0.3 is 12.1 Å². The first-order chi connectivity index (χ1) is 13.1. The minimum absolute atomic E-state index is 0.0390.